The number of nitrogens with zero attached hydrogens (tertiary/aromatic N) is 3. The van der Waals surface area contributed by atoms with Crippen LogP contribution < -0.4 is 5.32 Å². The van der Waals surface area contributed by atoms with Crippen molar-refractivity contribution in [2.24, 2.45) is 0 Å². The monoisotopic (exact) mass is 448 g/mol. The minimum atomic E-state index is -0.942. The van der Waals surface area contributed by atoms with Gasteiger partial charge in [-0.3, -0.25) is 4.79 Å². The van der Waals surface area contributed by atoms with Crippen molar-refractivity contribution < 1.29 is 19.2 Å². The maximum Gasteiger partial charge on any atom is 0.336 e. The average molecular weight is 449 g/mol. The first-order valence-electron chi connectivity index (χ1n) is 11.7. The summed E-state index contributed by atoms with van der Waals surface area (Å²) in [5, 5.41) is 21.6. The summed E-state index contributed by atoms with van der Waals surface area (Å²) in [6, 6.07) is 5.14. The number of aromatic carboxylic acids is 1. The summed E-state index contributed by atoms with van der Waals surface area (Å²) in [6.45, 7) is 3.98. The van der Waals surface area contributed by atoms with Gasteiger partial charge in [-0.1, -0.05) is 25.1 Å². The normalized spacial score (nSPS) is 17.5. The summed E-state index contributed by atoms with van der Waals surface area (Å²) in [7, 11) is 0. The van der Waals surface area contributed by atoms with Crippen molar-refractivity contribution in [3.63, 3.8) is 0 Å². The Morgan fingerprint density at radius 1 is 1.18 bits per heavy atom. The van der Waals surface area contributed by atoms with E-state index in [1.807, 2.05) is 24.6 Å². The molecule has 0 spiro atoms. The van der Waals surface area contributed by atoms with Crippen LogP contribution in [0.1, 0.15) is 100 Å². The minimum absolute atomic E-state index is 0.0181. The van der Waals surface area contributed by atoms with Gasteiger partial charge in [-0.25, -0.2) is 9.48 Å². The highest BCUT2D eigenvalue weighted by molar-refractivity contribution is 5.94. The number of aromatic nitrogens is 3. The first-order chi connectivity index (χ1) is 16.0. The number of carbonyl (C=O) groups is 2. The van der Waals surface area contributed by atoms with Gasteiger partial charge in [-0.2, -0.15) is 5.10 Å². The number of carboxylic acids is 1. The van der Waals surface area contributed by atoms with Gasteiger partial charge in [-0.15, -0.1) is 0 Å². The molecule has 2 heterocycles. The molecule has 0 saturated carbocycles. The lowest BCUT2D eigenvalue weighted by Crippen LogP contribution is -2.32. The molecule has 1 aromatic carbocycles. The Morgan fingerprint density at radius 3 is 2.79 bits per heavy atom. The van der Waals surface area contributed by atoms with Crippen molar-refractivity contribution in [3.05, 3.63) is 63.8 Å². The fraction of sp³-hybridized carbons (Fsp3) is 0.440. The standard InChI is InChI=1S/C25H28N4O4/c1-14(2)22-16(25(31)32)8-5-11-20(22)29-19-10-6-9-18(17(19)13-26-29)27-24(30)23-15-7-3-4-12-21(15)33-28-23/h5,8,11,13-14,18H,3-4,6-7,9-10,12H2,1-2H3,(H,27,30)(H,31,32)/t18-/m1/s1. The predicted octanol–water partition coefficient (Wildman–Crippen LogP) is 4.37. The quantitative estimate of drug-likeness (QED) is 0.600. The lowest BCUT2D eigenvalue weighted by Gasteiger charge is -2.25. The zero-order valence-corrected chi connectivity index (χ0v) is 18.9. The number of benzene rings is 1. The van der Waals surface area contributed by atoms with Crippen molar-refractivity contribution in [1.29, 1.82) is 0 Å². The van der Waals surface area contributed by atoms with E-state index in [0.717, 1.165) is 78.8 Å². The SMILES string of the molecule is CC(C)c1c(C(=O)O)cccc1-n1ncc2c1CCC[C@H]2NC(=O)c1noc2c1CCCC2. The first-order valence-corrected chi connectivity index (χ1v) is 11.7. The van der Waals surface area contributed by atoms with E-state index in [1.165, 1.54) is 0 Å². The van der Waals surface area contributed by atoms with Crippen LogP contribution in [0.15, 0.2) is 28.9 Å². The topological polar surface area (TPSA) is 110 Å². The number of amides is 1. The Kier molecular flexibility index (Phi) is 5.52. The van der Waals surface area contributed by atoms with E-state index in [1.54, 1.807) is 18.3 Å². The molecule has 1 amide bonds. The molecule has 0 bridgehead atoms. The summed E-state index contributed by atoms with van der Waals surface area (Å²) in [4.78, 5) is 24.9. The van der Waals surface area contributed by atoms with Crippen LogP contribution in [0.2, 0.25) is 0 Å². The van der Waals surface area contributed by atoms with Crippen LogP contribution >= 0.6 is 0 Å². The van der Waals surface area contributed by atoms with Gasteiger partial charge in [0.05, 0.1) is 23.5 Å². The zero-order valence-electron chi connectivity index (χ0n) is 18.9. The van der Waals surface area contributed by atoms with E-state index in [9.17, 15) is 14.7 Å². The number of aryl methyl sites for hydroxylation is 1. The third-order valence-electron chi connectivity index (χ3n) is 6.77. The molecule has 0 fully saturated rings. The van der Waals surface area contributed by atoms with Gasteiger partial charge < -0.3 is 14.9 Å². The Bertz CT molecular complexity index is 1220. The second-order valence-electron chi connectivity index (χ2n) is 9.21. The van der Waals surface area contributed by atoms with E-state index in [2.05, 4.69) is 15.6 Å². The molecule has 8 heteroatoms. The van der Waals surface area contributed by atoms with Crippen LogP contribution in [0, 0.1) is 0 Å². The summed E-state index contributed by atoms with van der Waals surface area (Å²) in [5.74, 6) is -0.293. The highest BCUT2D eigenvalue weighted by atomic mass is 16.5. The summed E-state index contributed by atoms with van der Waals surface area (Å²) in [6.07, 6.45) is 8.10. The number of fused-ring (bicyclic) bond motifs is 2. The van der Waals surface area contributed by atoms with Gasteiger partial charge in [0.2, 0.25) is 0 Å². The van der Waals surface area contributed by atoms with Crippen LogP contribution in [-0.4, -0.2) is 31.9 Å². The molecule has 2 N–H and O–H groups in total. The van der Waals surface area contributed by atoms with Gasteiger partial charge >= 0.3 is 5.97 Å². The Labute approximate surface area is 192 Å². The lowest BCUT2D eigenvalue weighted by molar-refractivity contribution is 0.0694. The molecule has 172 valence electrons. The van der Waals surface area contributed by atoms with Crippen molar-refractivity contribution in [2.45, 2.75) is 70.8 Å². The minimum Gasteiger partial charge on any atom is -0.478 e. The second kappa shape index (κ2) is 8.50. The van der Waals surface area contributed by atoms with Crippen LogP contribution in [0.4, 0.5) is 0 Å². The Balaban J connectivity index is 1.47. The molecule has 3 aromatic rings. The highest BCUT2D eigenvalue weighted by Crippen LogP contribution is 2.34. The molecule has 2 aliphatic carbocycles. The third-order valence-corrected chi connectivity index (χ3v) is 6.77. The van der Waals surface area contributed by atoms with Crippen LogP contribution in [0.25, 0.3) is 5.69 Å². The molecule has 0 aliphatic heterocycles. The predicted molar refractivity (Wildman–Crippen MR) is 121 cm³/mol. The molecule has 1 atom stereocenters. The summed E-state index contributed by atoms with van der Waals surface area (Å²) >= 11 is 0. The lowest BCUT2D eigenvalue weighted by atomic mass is 9.91. The summed E-state index contributed by atoms with van der Waals surface area (Å²) in [5.41, 5.74) is 5.17. The van der Waals surface area contributed by atoms with Crippen molar-refractivity contribution in [3.8, 4) is 5.69 Å². The van der Waals surface area contributed by atoms with E-state index in [-0.39, 0.29) is 17.9 Å². The van der Waals surface area contributed by atoms with E-state index < -0.39 is 5.97 Å². The van der Waals surface area contributed by atoms with Crippen molar-refractivity contribution >= 4 is 11.9 Å². The zero-order chi connectivity index (χ0) is 23.1. The molecule has 2 aromatic heterocycles. The molecule has 5 rings (SSSR count). The maximum atomic E-state index is 13.1. The van der Waals surface area contributed by atoms with E-state index in [4.69, 9.17) is 4.52 Å². The van der Waals surface area contributed by atoms with E-state index >= 15 is 0 Å². The molecule has 2 aliphatic rings. The number of nitrogens with one attached hydrogen (secondary N) is 1. The van der Waals surface area contributed by atoms with Gasteiger partial charge in [-0.05, 0) is 62.1 Å². The number of hydrogen-bond acceptors (Lipinski definition) is 5. The van der Waals surface area contributed by atoms with Gasteiger partial charge in [0.25, 0.3) is 5.91 Å². The summed E-state index contributed by atoms with van der Waals surface area (Å²) < 4.78 is 7.27. The number of hydrogen-bond donors (Lipinski definition) is 2. The fourth-order valence-corrected chi connectivity index (χ4v) is 5.24. The average Bonchev–Trinajstić information content (AvgIpc) is 3.43. The molecule has 33 heavy (non-hydrogen) atoms. The largest absolute Gasteiger partial charge is 0.478 e. The van der Waals surface area contributed by atoms with Crippen molar-refractivity contribution in [2.75, 3.05) is 0 Å². The smallest absolute Gasteiger partial charge is 0.336 e. The van der Waals surface area contributed by atoms with Gasteiger partial charge in [0.15, 0.2) is 5.69 Å². The number of carbonyl (C=O) groups excluding carboxylic acids is 1. The van der Waals surface area contributed by atoms with Crippen molar-refractivity contribution in [1.82, 2.24) is 20.3 Å². The first kappa shape index (κ1) is 21.4. The van der Waals surface area contributed by atoms with Crippen LogP contribution in [0.3, 0.4) is 0 Å². The van der Waals surface area contributed by atoms with Gasteiger partial charge in [0.1, 0.15) is 5.76 Å². The molecular formula is C25H28N4O4. The molecule has 0 unspecified atom stereocenters. The maximum absolute atomic E-state index is 13.1. The second-order valence-corrected chi connectivity index (χ2v) is 9.21. The number of rotatable bonds is 5. The Morgan fingerprint density at radius 2 is 2.00 bits per heavy atom. The van der Waals surface area contributed by atoms with Crippen LogP contribution in [-0.2, 0) is 19.3 Å². The van der Waals surface area contributed by atoms with Gasteiger partial charge in [0, 0.05) is 23.2 Å². The molecule has 0 radical (unpaired) electrons. The fourth-order valence-electron chi connectivity index (χ4n) is 5.24. The highest BCUT2D eigenvalue weighted by Gasteiger charge is 2.30. The van der Waals surface area contributed by atoms with Crippen LogP contribution in [0.5, 0.6) is 0 Å². The third kappa shape index (κ3) is 3.73. The number of carboxylic acid groups (broad SMARTS) is 1. The molecule has 8 nitrogen and oxygen atoms in total. The van der Waals surface area contributed by atoms with E-state index in [0.29, 0.717) is 11.3 Å². The molecule has 0 saturated heterocycles. The Hall–Kier alpha value is -3.42. The molecular weight excluding hydrogens is 420 g/mol.